The maximum absolute atomic E-state index is 11.9. The topological polar surface area (TPSA) is 279 Å². The van der Waals surface area contributed by atoms with E-state index in [2.05, 4.69) is 28.1 Å². The highest BCUT2D eigenvalue weighted by molar-refractivity contribution is 14.1. The van der Waals surface area contributed by atoms with Gasteiger partial charge < -0.3 is 40.3 Å². The van der Waals surface area contributed by atoms with E-state index < -0.39 is 52.1 Å². The largest absolute Gasteiger partial charge is 0.490 e. The fourth-order valence-electron chi connectivity index (χ4n) is 2.62. The van der Waals surface area contributed by atoms with Gasteiger partial charge in [0.05, 0.1) is 12.9 Å². The summed E-state index contributed by atoms with van der Waals surface area (Å²) in [6.45, 7) is -1.00. The summed E-state index contributed by atoms with van der Waals surface area (Å²) in [6.07, 6.45) is -2.38. The molecule has 2 aromatic heterocycles. The maximum atomic E-state index is 11.9. The number of halogens is 1. The summed E-state index contributed by atoms with van der Waals surface area (Å²) >= 11 is 1.45. The van der Waals surface area contributed by atoms with Crippen LogP contribution in [0.5, 0.6) is 0 Å². The van der Waals surface area contributed by atoms with Crippen molar-refractivity contribution in [1.82, 2.24) is 19.5 Å². The molecule has 0 bridgehead atoms. The Labute approximate surface area is 190 Å². The van der Waals surface area contributed by atoms with Gasteiger partial charge in [0.1, 0.15) is 24.1 Å². The zero-order valence-electron chi connectivity index (χ0n) is 15.2. The van der Waals surface area contributed by atoms with E-state index in [0.717, 1.165) is 6.33 Å². The van der Waals surface area contributed by atoms with Crippen LogP contribution in [0.1, 0.15) is 6.23 Å². The molecule has 0 amide bonds. The first-order valence-corrected chi connectivity index (χ1v) is 13.6. The van der Waals surface area contributed by atoms with Crippen molar-refractivity contribution in [3.05, 3.63) is 12.7 Å². The molecule has 2 unspecified atom stereocenters. The molecule has 0 radical (unpaired) electrons. The summed E-state index contributed by atoms with van der Waals surface area (Å²) < 4.78 is 50.6. The third kappa shape index (κ3) is 5.70. The number of aliphatic hydroxyl groups excluding tert-OH is 2. The number of phosphoric ester groups is 1. The molecule has 8 N–H and O–H groups in total. The zero-order chi connectivity index (χ0) is 24.1. The number of nitrogens with zero attached hydrogens (tertiary/aromatic N) is 4. The Morgan fingerprint density at radius 1 is 1.12 bits per heavy atom. The second kappa shape index (κ2) is 8.86. The van der Waals surface area contributed by atoms with Crippen molar-refractivity contribution in [1.29, 1.82) is 0 Å². The van der Waals surface area contributed by atoms with Crippen LogP contribution in [0.4, 0.5) is 5.82 Å². The number of hydrogen-bond acceptors (Lipinski definition) is 13. The number of aromatic nitrogens is 4. The van der Waals surface area contributed by atoms with Crippen molar-refractivity contribution in [2.75, 3.05) is 12.3 Å². The van der Waals surface area contributed by atoms with E-state index in [1.807, 2.05) is 0 Å². The van der Waals surface area contributed by atoms with Gasteiger partial charge in [-0.05, 0) is 22.6 Å². The van der Waals surface area contributed by atoms with Crippen molar-refractivity contribution in [2.24, 2.45) is 0 Å². The lowest BCUT2D eigenvalue weighted by Crippen LogP contribution is -2.41. The molecule has 18 nitrogen and oxygen atoms in total. The predicted octanol–water partition coefficient (Wildman–Crippen LogP) is -0.866. The van der Waals surface area contributed by atoms with Crippen molar-refractivity contribution >= 4 is 63.0 Å². The molecule has 1 saturated heterocycles. The van der Waals surface area contributed by atoms with E-state index in [9.17, 15) is 33.7 Å². The molecule has 1 aliphatic heterocycles. The van der Waals surface area contributed by atoms with E-state index in [1.54, 1.807) is 0 Å². The number of nitrogen functional groups attached to an aromatic ring is 1. The number of nitrogens with two attached hydrogens (primary N) is 1. The van der Waals surface area contributed by atoms with Gasteiger partial charge in [0.2, 0.25) is 0 Å². The number of alkyl halides is 1. The number of aliphatic hydroxyl groups is 2. The van der Waals surface area contributed by atoms with Crippen LogP contribution in [0, 0.1) is 0 Å². The number of rotatable bonds is 8. The third-order valence-corrected chi connectivity index (χ3v) is 8.86. The molecule has 1 aliphatic rings. The molecule has 22 heteroatoms. The average molecular weight is 633 g/mol. The molecule has 6 atom stereocenters. The van der Waals surface area contributed by atoms with E-state index >= 15 is 0 Å². The fraction of sp³-hybridized carbons (Fsp3) is 0.500. The monoisotopic (exact) mass is 633 g/mol. The van der Waals surface area contributed by atoms with E-state index in [-0.39, 0.29) is 17.0 Å². The average Bonchev–Trinajstić information content (AvgIpc) is 3.14. The lowest BCUT2D eigenvalue weighted by atomic mass is 10.1. The van der Waals surface area contributed by atoms with Gasteiger partial charge in [0.15, 0.2) is 21.3 Å². The van der Waals surface area contributed by atoms with Gasteiger partial charge in [-0.25, -0.2) is 28.6 Å². The molecule has 2 aromatic rings. The van der Waals surface area contributed by atoms with Crippen molar-refractivity contribution in [3.8, 4) is 0 Å². The van der Waals surface area contributed by atoms with Gasteiger partial charge >= 0.3 is 23.5 Å². The Morgan fingerprint density at radius 2 is 1.78 bits per heavy atom. The van der Waals surface area contributed by atoms with E-state index in [4.69, 9.17) is 20.3 Å². The van der Waals surface area contributed by atoms with E-state index in [0.29, 0.717) is 0 Å². The van der Waals surface area contributed by atoms with Gasteiger partial charge in [0, 0.05) is 0 Å². The molecular formula is C10H15IN5O13P3. The summed E-state index contributed by atoms with van der Waals surface area (Å²) in [5.74, 6) is 0.0372. The third-order valence-electron chi connectivity index (χ3n) is 3.88. The summed E-state index contributed by atoms with van der Waals surface area (Å²) in [5.41, 5.74) is 6.01. The van der Waals surface area contributed by atoms with Crippen LogP contribution in [0.2, 0.25) is 0 Å². The van der Waals surface area contributed by atoms with Crippen molar-refractivity contribution in [3.63, 3.8) is 0 Å². The molecule has 0 saturated carbocycles. The number of anilines is 1. The van der Waals surface area contributed by atoms with Crippen molar-refractivity contribution in [2.45, 2.75) is 22.0 Å². The Kier molecular flexibility index (Phi) is 7.20. The van der Waals surface area contributed by atoms with Crippen LogP contribution in [-0.4, -0.2) is 71.7 Å². The fourth-order valence-corrected chi connectivity index (χ4v) is 6.70. The van der Waals surface area contributed by atoms with Crippen LogP contribution >= 0.6 is 46.1 Å². The highest BCUT2D eigenvalue weighted by Gasteiger charge is 2.55. The van der Waals surface area contributed by atoms with Crippen LogP contribution in [0.15, 0.2) is 12.7 Å². The Morgan fingerprint density at radius 3 is 2.41 bits per heavy atom. The van der Waals surface area contributed by atoms with Crippen molar-refractivity contribution < 1.29 is 61.4 Å². The molecule has 1 fully saturated rings. The second-order valence-corrected chi connectivity index (χ2v) is 12.4. The van der Waals surface area contributed by atoms with E-state index in [1.165, 1.54) is 33.5 Å². The number of phosphoric acid groups is 3. The smallest absolute Gasteiger partial charge is 0.386 e. The van der Waals surface area contributed by atoms with Crippen LogP contribution < -0.4 is 5.73 Å². The molecule has 180 valence electrons. The van der Waals surface area contributed by atoms with Crippen LogP contribution in [-0.2, 0) is 31.6 Å². The first-order valence-electron chi connectivity index (χ1n) is 7.98. The Balaban J connectivity index is 1.76. The molecule has 0 aromatic carbocycles. The van der Waals surface area contributed by atoms with Gasteiger partial charge in [-0.2, -0.15) is 8.62 Å². The number of ether oxygens (including phenoxy) is 1. The second-order valence-electron chi connectivity index (χ2n) is 6.18. The quantitative estimate of drug-likeness (QED) is 0.106. The van der Waals surface area contributed by atoms with Crippen LogP contribution in [0.25, 0.3) is 11.2 Å². The summed E-state index contributed by atoms with van der Waals surface area (Å²) in [4.78, 5) is 47.5. The van der Waals surface area contributed by atoms with Crippen LogP contribution in [0.3, 0.4) is 0 Å². The summed E-state index contributed by atoms with van der Waals surface area (Å²) in [7, 11) is -16.8. The molecule has 32 heavy (non-hydrogen) atoms. The zero-order valence-corrected chi connectivity index (χ0v) is 20.1. The number of hydrogen-bond donors (Lipinski definition) is 7. The first kappa shape index (κ1) is 26.0. The lowest BCUT2D eigenvalue weighted by Gasteiger charge is -2.26. The van der Waals surface area contributed by atoms with Gasteiger partial charge in [-0.3, -0.25) is 9.09 Å². The summed E-state index contributed by atoms with van der Waals surface area (Å²) in [5, 5.41) is 20.8. The maximum Gasteiger partial charge on any atom is 0.490 e. The number of imidazole rings is 1. The highest BCUT2D eigenvalue weighted by atomic mass is 127. The Bertz CT molecular complexity index is 1160. The molecule has 0 spiro atoms. The minimum atomic E-state index is -5.72. The predicted molar refractivity (Wildman–Crippen MR) is 108 cm³/mol. The standard InChI is InChI=1S/C10H15IN5O13P3/c11-10(1-26-31(22,23)29-32(24,25)28-30(19,20)21)6(18)5(17)9(27-10)16-3-15-4-7(12)13-2-14-8(4)16/h2-3,5-6,9,17-18H,1H2,(H,22,23)(H,24,25)(H2,12,13,14)(H2,19,20,21)/t5-,6+,9-,10-/m1/s1. The number of fused-ring (bicyclic) bond motifs is 1. The molecule has 3 heterocycles. The van der Waals surface area contributed by atoms with Gasteiger partial charge in [-0.15, -0.1) is 0 Å². The highest BCUT2D eigenvalue weighted by Crippen LogP contribution is 2.66. The lowest BCUT2D eigenvalue weighted by molar-refractivity contribution is -0.0596. The summed E-state index contributed by atoms with van der Waals surface area (Å²) in [6, 6.07) is 0. The molecule has 0 aliphatic carbocycles. The first-order chi connectivity index (χ1) is 14.5. The molecular weight excluding hydrogens is 618 g/mol. The van der Waals surface area contributed by atoms with Gasteiger partial charge in [0.25, 0.3) is 0 Å². The normalized spacial score (nSPS) is 30.3. The minimum Gasteiger partial charge on any atom is -0.386 e. The Hall–Kier alpha value is -0.630. The molecule has 3 rings (SSSR count). The minimum absolute atomic E-state index is 0.0372. The SMILES string of the molecule is Nc1ncnc2c1ncn2[C@@H]1O[C@](I)(COP(=O)(O)OP(=O)(O)OP(=O)(O)O)[C@@H](O)[C@H]1O. The van der Waals surface area contributed by atoms with Gasteiger partial charge in [-0.1, -0.05) is 0 Å².